The van der Waals surface area contributed by atoms with Crippen molar-refractivity contribution in [2.75, 3.05) is 7.11 Å². The molecular weight excluding hydrogens is 218 g/mol. The summed E-state index contributed by atoms with van der Waals surface area (Å²) in [5, 5.41) is 4.19. The van der Waals surface area contributed by atoms with Gasteiger partial charge in [-0.25, -0.2) is 0 Å². The van der Waals surface area contributed by atoms with Gasteiger partial charge in [-0.3, -0.25) is 9.48 Å². The van der Waals surface area contributed by atoms with Crippen LogP contribution in [0.3, 0.4) is 0 Å². The molecule has 1 aromatic heterocycles. The van der Waals surface area contributed by atoms with Gasteiger partial charge in [0, 0.05) is 18.4 Å². The number of carbonyl (C=O) groups is 1. The minimum Gasteiger partial charge on any atom is -0.468 e. The van der Waals surface area contributed by atoms with Gasteiger partial charge in [0.15, 0.2) is 0 Å². The number of hydrogen-bond donors (Lipinski definition) is 1. The fourth-order valence-corrected chi connectivity index (χ4v) is 1.72. The minimum absolute atomic E-state index is 0.354. The van der Waals surface area contributed by atoms with Gasteiger partial charge in [-0.1, -0.05) is 0 Å². The Morgan fingerprint density at radius 3 is 2.82 bits per heavy atom. The maximum atomic E-state index is 11.3. The van der Waals surface area contributed by atoms with E-state index < -0.39 is 5.54 Å². The first-order valence-corrected chi connectivity index (χ1v) is 5.83. The van der Waals surface area contributed by atoms with Gasteiger partial charge < -0.3 is 10.5 Å². The molecule has 0 amide bonds. The third-order valence-electron chi connectivity index (χ3n) is 2.90. The molecule has 2 N–H and O–H groups in total. The third-order valence-corrected chi connectivity index (χ3v) is 2.90. The highest BCUT2D eigenvalue weighted by Gasteiger charge is 2.28. The Labute approximate surface area is 102 Å². The molecule has 5 nitrogen and oxygen atoms in total. The summed E-state index contributed by atoms with van der Waals surface area (Å²) in [6, 6.07) is 1.97. The smallest absolute Gasteiger partial charge is 0.325 e. The van der Waals surface area contributed by atoms with E-state index in [0.29, 0.717) is 6.42 Å². The second-order valence-electron chi connectivity index (χ2n) is 4.56. The van der Waals surface area contributed by atoms with E-state index in [4.69, 9.17) is 5.73 Å². The lowest BCUT2D eigenvalue weighted by atomic mass is 9.96. The molecule has 1 atom stereocenters. The number of nitrogens with zero attached hydrogens (tertiary/aromatic N) is 2. The fourth-order valence-electron chi connectivity index (χ4n) is 1.72. The summed E-state index contributed by atoms with van der Waals surface area (Å²) < 4.78 is 6.61. The summed E-state index contributed by atoms with van der Waals surface area (Å²) in [5.74, 6) is -0.354. The highest BCUT2D eigenvalue weighted by Crippen LogP contribution is 2.13. The van der Waals surface area contributed by atoms with E-state index in [9.17, 15) is 4.79 Å². The predicted octanol–water partition coefficient (Wildman–Crippen LogP) is 1.25. The van der Waals surface area contributed by atoms with Crippen LogP contribution in [0.25, 0.3) is 0 Å². The van der Waals surface area contributed by atoms with Crippen molar-refractivity contribution in [2.24, 2.45) is 5.73 Å². The van der Waals surface area contributed by atoms with Gasteiger partial charge in [-0.15, -0.1) is 0 Å². The van der Waals surface area contributed by atoms with E-state index in [1.807, 2.05) is 17.7 Å². The zero-order valence-corrected chi connectivity index (χ0v) is 10.8. The van der Waals surface area contributed by atoms with Crippen LogP contribution < -0.4 is 5.73 Å². The van der Waals surface area contributed by atoms with Crippen molar-refractivity contribution in [2.45, 2.75) is 45.2 Å². The number of methoxy groups -OCH3 is 1. The second-order valence-corrected chi connectivity index (χ2v) is 4.56. The largest absolute Gasteiger partial charge is 0.468 e. The quantitative estimate of drug-likeness (QED) is 0.599. The van der Waals surface area contributed by atoms with Crippen molar-refractivity contribution in [3.63, 3.8) is 0 Å². The standard InChI is InChI=1S/C12H21N3O2/c1-10-6-8-14-15(10)9-5-4-7-12(2,13)11(16)17-3/h6,8H,4-5,7,9,13H2,1-3H3. The molecule has 0 fully saturated rings. The van der Waals surface area contributed by atoms with E-state index in [2.05, 4.69) is 9.84 Å². The summed E-state index contributed by atoms with van der Waals surface area (Å²) >= 11 is 0. The maximum absolute atomic E-state index is 11.3. The monoisotopic (exact) mass is 239 g/mol. The van der Waals surface area contributed by atoms with Gasteiger partial charge in [0.1, 0.15) is 5.54 Å². The molecule has 0 radical (unpaired) electrons. The molecule has 0 aliphatic rings. The van der Waals surface area contributed by atoms with Crippen molar-refractivity contribution in [1.29, 1.82) is 0 Å². The van der Waals surface area contributed by atoms with Crippen LogP contribution in [-0.2, 0) is 16.1 Å². The normalized spacial score (nSPS) is 14.4. The summed E-state index contributed by atoms with van der Waals surface area (Å²) in [6.45, 7) is 4.59. The molecular formula is C12H21N3O2. The summed E-state index contributed by atoms with van der Waals surface area (Å²) in [6.07, 6.45) is 4.24. The molecule has 0 spiro atoms. The van der Waals surface area contributed by atoms with Gasteiger partial charge in [-0.2, -0.15) is 5.10 Å². The third kappa shape index (κ3) is 3.85. The van der Waals surface area contributed by atoms with Crippen LogP contribution in [0.15, 0.2) is 12.3 Å². The van der Waals surface area contributed by atoms with Crippen molar-refractivity contribution in [1.82, 2.24) is 9.78 Å². The van der Waals surface area contributed by atoms with Gasteiger partial charge in [0.2, 0.25) is 0 Å². The summed E-state index contributed by atoms with van der Waals surface area (Å²) in [5.41, 5.74) is 6.13. The number of aromatic nitrogens is 2. The summed E-state index contributed by atoms with van der Waals surface area (Å²) in [7, 11) is 1.36. The molecule has 0 aromatic carbocycles. The van der Waals surface area contributed by atoms with Crippen molar-refractivity contribution in [3.8, 4) is 0 Å². The van der Waals surface area contributed by atoms with E-state index in [1.54, 1.807) is 13.1 Å². The topological polar surface area (TPSA) is 70.1 Å². The molecule has 0 saturated carbocycles. The van der Waals surface area contributed by atoms with Gasteiger partial charge >= 0.3 is 5.97 Å². The Bertz CT molecular complexity index is 372. The number of ether oxygens (including phenoxy) is 1. The highest BCUT2D eigenvalue weighted by atomic mass is 16.5. The highest BCUT2D eigenvalue weighted by molar-refractivity contribution is 5.79. The molecule has 96 valence electrons. The molecule has 0 aliphatic carbocycles. The lowest BCUT2D eigenvalue weighted by molar-refractivity contribution is -0.146. The predicted molar refractivity (Wildman–Crippen MR) is 65.4 cm³/mol. The first-order valence-electron chi connectivity index (χ1n) is 5.83. The minimum atomic E-state index is -0.881. The second kappa shape index (κ2) is 5.82. The van der Waals surface area contributed by atoms with Crippen LogP contribution in [0, 0.1) is 6.92 Å². The molecule has 0 bridgehead atoms. The number of esters is 1. The lowest BCUT2D eigenvalue weighted by Crippen LogP contribution is -2.45. The van der Waals surface area contributed by atoms with Crippen molar-refractivity contribution in [3.05, 3.63) is 18.0 Å². The number of rotatable bonds is 6. The van der Waals surface area contributed by atoms with E-state index in [0.717, 1.165) is 25.1 Å². The Hall–Kier alpha value is -1.36. The number of aryl methyl sites for hydroxylation is 2. The molecule has 0 aliphatic heterocycles. The van der Waals surface area contributed by atoms with Crippen LogP contribution in [0.4, 0.5) is 0 Å². The Balaban J connectivity index is 2.29. The maximum Gasteiger partial charge on any atom is 0.325 e. The first kappa shape index (κ1) is 13.7. The van der Waals surface area contributed by atoms with Crippen molar-refractivity contribution < 1.29 is 9.53 Å². The van der Waals surface area contributed by atoms with Gasteiger partial charge in [-0.05, 0) is 39.2 Å². The van der Waals surface area contributed by atoms with E-state index >= 15 is 0 Å². The van der Waals surface area contributed by atoms with Gasteiger partial charge in [0.05, 0.1) is 7.11 Å². The summed E-state index contributed by atoms with van der Waals surface area (Å²) in [4.78, 5) is 11.3. The van der Waals surface area contributed by atoms with Crippen LogP contribution in [0.1, 0.15) is 31.9 Å². The number of carbonyl (C=O) groups excluding carboxylic acids is 1. The molecule has 1 heterocycles. The zero-order valence-electron chi connectivity index (χ0n) is 10.8. The average Bonchev–Trinajstić information content (AvgIpc) is 2.69. The number of hydrogen-bond acceptors (Lipinski definition) is 4. The Kier molecular flexibility index (Phi) is 4.69. The Morgan fingerprint density at radius 2 is 2.29 bits per heavy atom. The zero-order chi connectivity index (χ0) is 12.9. The SMILES string of the molecule is COC(=O)C(C)(N)CCCCn1nccc1C. The van der Waals surface area contributed by atoms with Crippen LogP contribution >= 0.6 is 0 Å². The fraction of sp³-hybridized carbons (Fsp3) is 0.667. The molecule has 0 saturated heterocycles. The molecule has 1 unspecified atom stereocenters. The molecule has 1 aromatic rings. The molecule has 17 heavy (non-hydrogen) atoms. The van der Waals surface area contributed by atoms with E-state index in [-0.39, 0.29) is 5.97 Å². The lowest BCUT2D eigenvalue weighted by Gasteiger charge is -2.21. The van der Waals surface area contributed by atoms with E-state index in [1.165, 1.54) is 7.11 Å². The number of unbranched alkanes of at least 4 members (excludes halogenated alkanes) is 1. The van der Waals surface area contributed by atoms with Crippen LogP contribution in [-0.4, -0.2) is 28.4 Å². The molecule has 1 rings (SSSR count). The van der Waals surface area contributed by atoms with Gasteiger partial charge in [0.25, 0.3) is 0 Å². The van der Waals surface area contributed by atoms with Crippen molar-refractivity contribution >= 4 is 5.97 Å². The first-order chi connectivity index (χ1) is 7.97. The Morgan fingerprint density at radius 1 is 1.59 bits per heavy atom. The number of nitrogens with two attached hydrogens (primary N) is 1. The average molecular weight is 239 g/mol. The molecule has 5 heteroatoms. The van der Waals surface area contributed by atoms with Crippen LogP contribution in [0.2, 0.25) is 0 Å². The van der Waals surface area contributed by atoms with Crippen LogP contribution in [0.5, 0.6) is 0 Å².